The molecule has 174 valence electrons. The molecule has 10 nitrogen and oxygen atoms in total. The van der Waals surface area contributed by atoms with Crippen LogP contribution in [0.1, 0.15) is 36.0 Å². The topological polar surface area (TPSA) is 156 Å². The zero-order valence-corrected chi connectivity index (χ0v) is 18.4. The maximum absolute atomic E-state index is 12.7. The average molecular weight is 467 g/mol. The van der Waals surface area contributed by atoms with Gasteiger partial charge in [-0.25, -0.2) is 9.59 Å². The van der Waals surface area contributed by atoms with Gasteiger partial charge in [-0.2, -0.15) is 0 Å². The highest BCUT2D eigenvalue weighted by molar-refractivity contribution is 7.80. The number of carbonyl (C=O) groups excluding carboxylic acids is 2. The first-order chi connectivity index (χ1) is 15.1. The number of nitrogens with zero attached hydrogens (tertiary/aromatic N) is 1. The van der Waals surface area contributed by atoms with Crippen LogP contribution in [0.25, 0.3) is 0 Å². The number of benzene rings is 1. The van der Waals surface area contributed by atoms with E-state index >= 15 is 0 Å². The molecule has 32 heavy (non-hydrogen) atoms. The van der Waals surface area contributed by atoms with Crippen LogP contribution >= 0.6 is 12.2 Å². The highest BCUT2D eigenvalue weighted by atomic mass is 32.1. The largest absolute Gasteiger partial charge is 0.479 e. The van der Waals surface area contributed by atoms with E-state index < -0.39 is 25.2 Å². The van der Waals surface area contributed by atoms with E-state index in [0.29, 0.717) is 17.8 Å². The first kappa shape index (κ1) is 25.1. The van der Waals surface area contributed by atoms with Crippen LogP contribution in [0.15, 0.2) is 18.2 Å². The lowest BCUT2D eigenvalue weighted by Crippen LogP contribution is -2.39. The molecule has 1 saturated carbocycles. The van der Waals surface area contributed by atoms with Crippen molar-refractivity contribution < 1.29 is 38.9 Å². The third-order valence-corrected chi connectivity index (χ3v) is 5.54. The summed E-state index contributed by atoms with van der Waals surface area (Å²) < 4.78 is 10.2. The summed E-state index contributed by atoms with van der Waals surface area (Å²) in [6.07, 6.45) is 2.80. The Labute approximate surface area is 190 Å². The maximum atomic E-state index is 12.7. The van der Waals surface area contributed by atoms with Crippen molar-refractivity contribution in [2.45, 2.75) is 25.7 Å². The minimum Gasteiger partial charge on any atom is -0.479 e. The number of aliphatic carboxylic acids is 2. The quantitative estimate of drug-likeness (QED) is 0.321. The fraction of sp³-hybridized carbons (Fsp3) is 0.476. The Morgan fingerprint density at radius 1 is 1.00 bits per heavy atom. The van der Waals surface area contributed by atoms with E-state index in [9.17, 15) is 19.2 Å². The van der Waals surface area contributed by atoms with Gasteiger partial charge in [0.2, 0.25) is 5.91 Å². The molecule has 0 aliphatic heterocycles. The van der Waals surface area contributed by atoms with Gasteiger partial charge in [0.25, 0.3) is 0 Å². The number of ketones is 1. The van der Waals surface area contributed by atoms with Crippen molar-refractivity contribution in [3.8, 4) is 11.5 Å². The molecular weight excluding hydrogens is 440 g/mol. The summed E-state index contributed by atoms with van der Waals surface area (Å²) in [5.74, 6) is -3.13. The minimum atomic E-state index is -1.25. The van der Waals surface area contributed by atoms with Crippen molar-refractivity contribution in [3.63, 3.8) is 0 Å². The molecule has 1 aromatic carbocycles. The van der Waals surface area contributed by atoms with Crippen LogP contribution in [-0.4, -0.2) is 70.5 Å². The Bertz CT molecular complexity index is 896. The van der Waals surface area contributed by atoms with Gasteiger partial charge in [-0.15, -0.1) is 0 Å². The van der Waals surface area contributed by atoms with Gasteiger partial charge in [0, 0.05) is 24.4 Å². The molecule has 0 radical (unpaired) electrons. The van der Waals surface area contributed by atoms with Gasteiger partial charge in [-0.1, -0.05) is 12.2 Å². The number of rotatable bonds is 11. The molecule has 4 N–H and O–H groups in total. The van der Waals surface area contributed by atoms with Crippen LogP contribution in [0.2, 0.25) is 0 Å². The molecule has 0 aromatic heterocycles. The second-order valence-corrected chi connectivity index (χ2v) is 8.07. The van der Waals surface area contributed by atoms with Crippen molar-refractivity contribution in [2.75, 3.05) is 26.8 Å². The van der Waals surface area contributed by atoms with Gasteiger partial charge in [0.05, 0.1) is 11.5 Å². The van der Waals surface area contributed by atoms with E-state index in [0.717, 1.165) is 12.8 Å². The number of amides is 1. The van der Waals surface area contributed by atoms with E-state index in [1.54, 1.807) is 7.05 Å². The molecule has 0 bridgehead atoms. The van der Waals surface area contributed by atoms with Crippen LogP contribution in [0.5, 0.6) is 11.5 Å². The lowest BCUT2D eigenvalue weighted by atomic mass is 9.81. The Balaban J connectivity index is 2.05. The Hall–Kier alpha value is -3.21. The van der Waals surface area contributed by atoms with Crippen LogP contribution in [0.4, 0.5) is 0 Å². The van der Waals surface area contributed by atoms with Gasteiger partial charge in [-0.3, -0.25) is 9.59 Å². The fourth-order valence-corrected chi connectivity index (χ4v) is 3.75. The molecule has 11 heteroatoms. The number of hydrogen-bond acceptors (Lipinski definition) is 7. The highest BCUT2D eigenvalue weighted by Crippen LogP contribution is 2.31. The predicted octanol–water partition coefficient (Wildman–Crippen LogP) is 1.35. The molecule has 1 amide bonds. The van der Waals surface area contributed by atoms with Gasteiger partial charge in [-0.05, 0) is 43.9 Å². The molecule has 0 unspecified atom stereocenters. The molecule has 0 spiro atoms. The third-order valence-electron chi connectivity index (χ3n) is 5.20. The molecule has 0 atom stereocenters. The van der Waals surface area contributed by atoms with Crippen molar-refractivity contribution in [1.29, 1.82) is 0 Å². The van der Waals surface area contributed by atoms with Gasteiger partial charge in [0.15, 0.2) is 30.5 Å². The number of nitrogens with two attached hydrogens (primary N) is 1. The molecule has 0 saturated heterocycles. The van der Waals surface area contributed by atoms with Gasteiger partial charge in [0.1, 0.15) is 0 Å². The van der Waals surface area contributed by atoms with Crippen LogP contribution in [0.3, 0.4) is 0 Å². The maximum Gasteiger partial charge on any atom is 0.341 e. The fourth-order valence-electron chi connectivity index (χ4n) is 3.51. The highest BCUT2D eigenvalue weighted by Gasteiger charge is 2.30. The summed E-state index contributed by atoms with van der Waals surface area (Å²) in [5.41, 5.74) is 5.86. The number of Topliss-reactive ketones (excluding diaryl/α,β-unsaturated/α-hetero) is 1. The van der Waals surface area contributed by atoms with E-state index in [4.69, 9.17) is 37.6 Å². The van der Waals surface area contributed by atoms with E-state index in [1.807, 2.05) is 0 Å². The molecule has 2 rings (SSSR count). The van der Waals surface area contributed by atoms with Crippen molar-refractivity contribution in [1.82, 2.24) is 4.90 Å². The third kappa shape index (κ3) is 7.19. The minimum absolute atomic E-state index is 0.00999. The summed E-state index contributed by atoms with van der Waals surface area (Å²) in [5, 5.41) is 17.6. The molecule has 1 aliphatic rings. The van der Waals surface area contributed by atoms with E-state index in [-0.39, 0.29) is 47.1 Å². The molecule has 1 fully saturated rings. The number of carbonyl (C=O) groups is 4. The molecule has 0 heterocycles. The van der Waals surface area contributed by atoms with E-state index in [2.05, 4.69) is 0 Å². The number of thiocarbonyl (C=S) groups is 1. The first-order valence-corrected chi connectivity index (χ1v) is 10.4. The number of carboxylic acid groups (broad SMARTS) is 2. The normalized spacial score (nSPS) is 17.8. The summed E-state index contributed by atoms with van der Waals surface area (Å²) in [6.45, 7) is -1.54. The van der Waals surface area contributed by atoms with Crippen molar-refractivity contribution >= 4 is 40.8 Å². The second-order valence-electron chi connectivity index (χ2n) is 7.59. The first-order valence-electron chi connectivity index (χ1n) is 9.99. The second kappa shape index (κ2) is 11.4. The zero-order chi connectivity index (χ0) is 23.8. The molecule has 1 aliphatic carbocycles. The van der Waals surface area contributed by atoms with Gasteiger partial charge < -0.3 is 30.3 Å². The monoisotopic (exact) mass is 466 g/mol. The van der Waals surface area contributed by atoms with E-state index in [1.165, 1.54) is 23.1 Å². The molecular formula is C21H26N2O8S. The Kier molecular flexibility index (Phi) is 8.94. The van der Waals surface area contributed by atoms with Crippen LogP contribution in [0, 0.1) is 11.8 Å². The summed E-state index contributed by atoms with van der Waals surface area (Å²) in [6, 6.07) is 4.00. The van der Waals surface area contributed by atoms with Crippen LogP contribution < -0.4 is 15.2 Å². The SMILES string of the molecule is CN(CC(=O)c1ccc(OCC(=O)O)c(OCC(=O)O)c1)C(=O)C1CCC(C(N)=S)CC1. The zero-order valence-electron chi connectivity index (χ0n) is 17.6. The number of carboxylic acids is 2. The number of ether oxygens (including phenoxy) is 2. The van der Waals surface area contributed by atoms with Crippen molar-refractivity contribution in [3.05, 3.63) is 23.8 Å². The lowest BCUT2D eigenvalue weighted by Gasteiger charge is -2.29. The van der Waals surface area contributed by atoms with Crippen molar-refractivity contribution in [2.24, 2.45) is 17.6 Å². The van der Waals surface area contributed by atoms with Gasteiger partial charge >= 0.3 is 11.9 Å². The number of hydrogen-bond donors (Lipinski definition) is 3. The standard InChI is InChI=1S/C21H26N2O8S/c1-23(21(29)13-4-2-12(3-5-13)20(22)32)9-15(24)14-6-7-16(30-10-18(25)26)17(8-14)31-11-19(27)28/h6-8,12-13H,2-5,9-11H2,1H3,(H2,22,32)(H,25,26)(H,27,28). The smallest absolute Gasteiger partial charge is 0.341 e. The lowest BCUT2D eigenvalue weighted by molar-refractivity contribution is -0.140. The summed E-state index contributed by atoms with van der Waals surface area (Å²) in [7, 11) is 1.55. The molecule has 1 aromatic rings. The number of likely N-dealkylation sites (N-methyl/N-ethyl adjacent to an activating group) is 1. The average Bonchev–Trinajstić information content (AvgIpc) is 2.75. The Morgan fingerprint density at radius 2 is 1.53 bits per heavy atom. The Morgan fingerprint density at radius 3 is 2.06 bits per heavy atom. The predicted molar refractivity (Wildman–Crippen MR) is 117 cm³/mol. The summed E-state index contributed by atoms with van der Waals surface area (Å²) in [4.78, 5) is 48.8. The summed E-state index contributed by atoms with van der Waals surface area (Å²) >= 11 is 5.02. The van der Waals surface area contributed by atoms with Crippen LogP contribution in [-0.2, 0) is 14.4 Å².